The Morgan fingerprint density at radius 2 is 2.04 bits per heavy atom. The zero-order chi connectivity index (χ0) is 18.9. The smallest absolute Gasteiger partial charge is 0.233 e. The fraction of sp³-hybridized carbons (Fsp3) is 0.350. The first-order chi connectivity index (χ1) is 13.8. The number of hydrogen-bond acceptors (Lipinski definition) is 6. The molecule has 0 spiro atoms. The van der Waals surface area contributed by atoms with Crippen molar-refractivity contribution in [3.8, 4) is 11.5 Å². The molecule has 1 amide bonds. The first-order valence-corrected chi connectivity index (χ1v) is 10.4. The van der Waals surface area contributed by atoms with Gasteiger partial charge in [0, 0.05) is 12.7 Å². The highest BCUT2D eigenvalue weighted by atomic mass is 32.2. The molecule has 3 aromatic rings. The van der Waals surface area contributed by atoms with Gasteiger partial charge in [0.25, 0.3) is 0 Å². The number of rotatable bonds is 4. The van der Waals surface area contributed by atoms with Crippen molar-refractivity contribution in [2.24, 2.45) is 0 Å². The highest BCUT2D eigenvalue weighted by molar-refractivity contribution is 7.99. The molecule has 0 aliphatic carbocycles. The third kappa shape index (κ3) is 3.17. The predicted octanol–water partition coefficient (Wildman–Crippen LogP) is 2.96. The van der Waals surface area contributed by atoms with Crippen LogP contribution in [-0.2, 0) is 4.79 Å². The molecule has 144 valence electrons. The van der Waals surface area contributed by atoms with Gasteiger partial charge in [-0.05, 0) is 42.7 Å². The van der Waals surface area contributed by atoms with Gasteiger partial charge in [-0.15, -0.1) is 10.2 Å². The summed E-state index contributed by atoms with van der Waals surface area (Å²) >= 11 is 1.43. The number of amides is 1. The summed E-state index contributed by atoms with van der Waals surface area (Å²) in [5, 5.41) is 9.07. The van der Waals surface area contributed by atoms with Crippen molar-refractivity contribution in [1.29, 1.82) is 0 Å². The van der Waals surface area contributed by atoms with E-state index in [1.807, 2.05) is 51.9 Å². The van der Waals surface area contributed by atoms with Crippen molar-refractivity contribution >= 4 is 23.3 Å². The Morgan fingerprint density at radius 1 is 1.14 bits per heavy atom. The number of ether oxygens (including phenoxy) is 2. The van der Waals surface area contributed by atoms with Crippen molar-refractivity contribution in [1.82, 2.24) is 19.5 Å². The van der Waals surface area contributed by atoms with Crippen LogP contribution < -0.4 is 9.47 Å². The molecule has 1 saturated heterocycles. The highest BCUT2D eigenvalue weighted by Crippen LogP contribution is 2.38. The van der Waals surface area contributed by atoms with E-state index in [9.17, 15) is 4.79 Å². The number of carbonyl (C=O) groups is 1. The molecule has 0 N–H and O–H groups in total. The standard InChI is InChI=1S/C20H20N4O3S/c25-19(13-28-20-22-21-18-5-1-2-8-24(18)20)23-9-3-4-15(23)14-6-7-16-17(12-14)27-11-10-26-16/h1-2,5-8,12,15H,3-4,9-11,13H2/t15-/m1/s1. The largest absolute Gasteiger partial charge is 0.486 e. The van der Waals surface area contributed by atoms with E-state index < -0.39 is 0 Å². The van der Waals surface area contributed by atoms with Crippen LogP contribution in [0.5, 0.6) is 11.5 Å². The molecule has 5 rings (SSSR count). The molecular weight excluding hydrogens is 376 g/mol. The second-order valence-corrected chi connectivity index (χ2v) is 7.79. The van der Waals surface area contributed by atoms with Crippen molar-refractivity contribution in [3.63, 3.8) is 0 Å². The van der Waals surface area contributed by atoms with Crippen LogP contribution in [0.3, 0.4) is 0 Å². The lowest BCUT2D eigenvalue weighted by atomic mass is 10.0. The molecule has 1 atom stereocenters. The molecule has 2 aliphatic rings. The Bertz CT molecular complexity index is 1020. The number of nitrogens with zero attached hydrogens (tertiary/aromatic N) is 4. The summed E-state index contributed by atoms with van der Waals surface area (Å²) in [7, 11) is 0. The van der Waals surface area contributed by atoms with Crippen LogP contribution in [0.15, 0.2) is 47.8 Å². The third-order valence-corrected chi connectivity index (χ3v) is 6.06. The van der Waals surface area contributed by atoms with E-state index in [1.165, 1.54) is 11.8 Å². The summed E-state index contributed by atoms with van der Waals surface area (Å²) < 4.78 is 13.2. The molecule has 2 aliphatic heterocycles. The Morgan fingerprint density at radius 3 is 2.96 bits per heavy atom. The summed E-state index contributed by atoms with van der Waals surface area (Å²) in [4.78, 5) is 14.9. The summed E-state index contributed by atoms with van der Waals surface area (Å²) in [5.74, 6) is 2.01. The number of fused-ring (bicyclic) bond motifs is 2. The van der Waals surface area contributed by atoms with Gasteiger partial charge in [-0.2, -0.15) is 0 Å². The van der Waals surface area contributed by atoms with Crippen molar-refractivity contribution < 1.29 is 14.3 Å². The quantitative estimate of drug-likeness (QED) is 0.632. The number of aromatic nitrogens is 3. The molecular formula is C20H20N4O3S. The lowest BCUT2D eigenvalue weighted by molar-refractivity contribution is -0.129. The number of hydrogen-bond donors (Lipinski definition) is 0. The van der Waals surface area contributed by atoms with Gasteiger partial charge >= 0.3 is 0 Å². The SMILES string of the molecule is O=C(CSc1nnc2ccccn12)N1CCC[C@@H]1c1ccc2c(c1)OCCO2. The van der Waals surface area contributed by atoms with Crippen LogP contribution in [0.1, 0.15) is 24.4 Å². The number of carbonyl (C=O) groups excluding carboxylic acids is 1. The average molecular weight is 396 g/mol. The number of pyridine rings is 1. The Kier molecular flexibility index (Phi) is 4.56. The summed E-state index contributed by atoms with van der Waals surface area (Å²) in [6.45, 7) is 1.92. The zero-order valence-electron chi connectivity index (χ0n) is 15.3. The molecule has 0 saturated carbocycles. The molecule has 0 bridgehead atoms. The molecule has 1 aromatic carbocycles. The van der Waals surface area contributed by atoms with Gasteiger partial charge in [0.05, 0.1) is 11.8 Å². The van der Waals surface area contributed by atoms with Crippen molar-refractivity contribution in [2.45, 2.75) is 24.0 Å². The lowest BCUT2D eigenvalue weighted by Crippen LogP contribution is -2.32. The zero-order valence-corrected chi connectivity index (χ0v) is 16.1. The third-order valence-electron chi connectivity index (χ3n) is 5.13. The predicted molar refractivity (Wildman–Crippen MR) is 105 cm³/mol. The number of thioether (sulfide) groups is 1. The maximum absolute atomic E-state index is 12.9. The first kappa shape index (κ1) is 17.4. The van der Waals surface area contributed by atoms with Gasteiger partial charge in [-0.25, -0.2) is 0 Å². The molecule has 0 radical (unpaired) electrons. The number of benzene rings is 1. The van der Waals surface area contributed by atoms with Crippen LogP contribution in [0.4, 0.5) is 0 Å². The maximum Gasteiger partial charge on any atom is 0.233 e. The van der Waals surface area contributed by atoms with Gasteiger partial charge < -0.3 is 14.4 Å². The molecule has 28 heavy (non-hydrogen) atoms. The molecule has 2 aromatic heterocycles. The second kappa shape index (κ2) is 7.35. The van der Waals surface area contributed by atoms with E-state index in [0.717, 1.165) is 47.3 Å². The number of likely N-dealkylation sites (tertiary alicyclic amines) is 1. The van der Waals surface area contributed by atoms with E-state index in [-0.39, 0.29) is 11.9 Å². The fourth-order valence-corrected chi connectivity index (χ4v) is 4.62. The van der Waals surface area contributed by atoms with Crippen molar-refractivity contribution in [2.75, 3.05) is 25.5 Å². The van der Waals surface area contributed by atoms with E-state index in [0.29, 0.717) is 19.0 Å². The summed E-state index contributed by atoms with van der Waals surface area (Å²) in [6, 6.07) is 11.8. The minimum absolute atomic E-state index is 0.0825. The van der Waals surface area contributed by atoms with Crippen LogP contribution >= 0.6 is 11.8 Å². The molecule has 4 heterocycles. The summed E-state index contributed by atoms with van der Waals surface area (Å²) in [6.07, 6.45) is 3.88. The van der Waals surface area contributed by atoms with E-state index >= 15 is 0 Å². The molecule has 8 heteroatoms. The van der Waals surface area contributed by atoms with Crippen LogP contribution in [0.2, 0.25) is 0 Å². The Labute approximate surface area is 166 Å². The lowest BCUT2D eigenvalue weighted by Gasteiger charge is -2.26. The molecule has 7 nitrogen and oxygen atoms in total. The summed E-state index contributed by atoms with van der Waals surface area (Å²) in [5.41, 5.74) is 1.89. The van der Waals surface area contributed by atoms with Crippen LogP contribution in [0.25, 0.3) is 5.65 Å². The van der Waals surface area contributed by atoms with Gasteiger partial charge in [-0.3, -0.25) is 9.20 Å². The monoisotopic (exact) mass is 396 g/mol. The van der Waals surface area contributed by atoms with Crippen molar-refractivity contribution in [3.05, 3.63) is 48.2 Å². The Hall–Kier alpha value is -2.74. The second-order valence-electron chi connectivity index (χ2n) is 6.85. The molecule has 1 fully saturated rings. The highest BCUT2D eigenvalue weighted by Gasteiger charge is 2.31. The topological polar surface area (TPSA) is 69.0 Å². The van der Waals surface area contributed by atoms with Gasteiger partial charge in [-0.1, -0.05) is 23.9 Å². The van der Waals surface area contributed by atoms with Gasteiger partial charge in [0.2, 0.25) is 5.91 Å². The maximum atomic E-state index is 12.9. The van der Waals surface area contributed by atoms with Gasteiger partial charge in [0.1, 0.15) is 13.2 Å². The minimum Gasteiger partial charge on any atom is -0.486 e. The van der Waals surface area contributed by atoms with Crippen LogP contribution in [0, 0.1) is 0 Å². The van der Waals surface area contributed by atoms with Crippen LogP contribution in [-0.4, -0.2) is 50.9 Å². The molecule has 0 unspecified atom stereocenters. The minimum atomic E-state index is 0.0825. The Balaban J connectivity index is 1.30. The van der Waals surface area contributed by atoms with Gasteiger partial charge in [0.15, 0.2) is 22.3 Å². The van der Waals surface area contributed by atoms with E-state index in [1.54, 1.807) is 0 Å². The first-order valence-electron chi connectivity index (χ1n) is 9.41. The van der Waals surface area contributed by atoms with E-state index in [4.69, 9.17) is 9.47 Å². The average Bonchev–Trinajstić information content (AvgIpc) is 3.39. The fourth-order valence-electron chi connectivity index (χ4n) is 3.81. The normalized spacial score (nSPS) is 18.6. The van der Waals surface area contributed by atoms with E-state index in [2.05, 4.69) is 10.2 Å².